The number of quaternary nitrogens is 1. The minimum Gasteiger partial charge on any atom is -0.497 e. The number of fused-ring (bicyclic) bond motifs is 1. The van der Waals surface area contributed by atoms with E-state index in [0.29, 0.717) is 17.2 Å². The van der Waals surface area contributed by atoms with E-state index in [0.717, 1.165) is 35.6 Å². The number of amides is 1. The molecule has 0 radical (unpaired) electrons. The second kappa shape index (κ2) is 9.12. The van der Waals surface area contributed by atoms with Crippen LogP contribution in [0.5, 0.6) is 5.75 Å². The van der Waals surface area contributed by atoms with Gasteiger partial charge in [-0.2, -0.15) is 0 Å². The van der Waals surface area contributed by atoms with Crippen LogP contribution >= 0.6 is 11.3 Å². The summed E-state index contributed by atoms with van der Waals surface area (Å²) in [5.41, 5.74) is 1.25. The quantitative estimate of drug-likeness (QED) is 0.630. The van der Waals surface area contributed by atoms with Crippen LogP contribution in [-0.4, -0.2) is 44.2 Å². The second-order valence-corrected chi connectivity index (χ2v) is 7.51. The van der Waals surface area contributed by atoms with E-state index in [1.807, 2.05) is 18.2 Å². The van der Waals surface area contributed by atoms with Gasteiger partial charge in [0.2, 0.25) is 0 Å². The fourth-order valence-electron chi connectivity index (χ4n) is 3.04. The maximum Gasteiger partial charge on any atom is 0.260 e. The molecule has 148 valence electrons. The number of rotatable bonds is 8. The van der Waals surface area contributed by atoms with Crippen LogP contribution in [0.1, 0.15) is 24.2 Å². The summed E-state index contributed by atoms with van der Waals surface area (Å²) in [5, 5.41) is 0.643. The predicted octanol–water partition coefficient (Wildman–Crippen LogP) is 3.02. The van der Waals surface area contributed by atoms with Gasteiger partial charge in [0.15, 0.2) is 5.13 Å². The van der Waals surface area contributed by atoms with Gasteiger partial charge in [-0.05, 0) is 50.2 Å². The van der Waals surface area contributed by atoms with Gasteiger partial charge in [-0.25, -0.2) is 9.37 Å². The Bertz CT molecular complexity index is 938. The molecular formula is C21H25FN3O2S+. The Morgan fingerprint density at radius 1 is 1.18 bits per heavy atom. The molecule has 7 heteroatoms. The van der Waals surface area contributed by atoms with Crippen LogP contribution in [0.2, 0.25) is 0 Å². The molecule has 0 spiro atoms. The Morgan fingerprint density at radius 2 is 1.89 bits per heavy atom. The van der Waals surface area contributed by atoms with Gasteiger partial charge in [-0.15, -0.1) is 0 Å². The predicted molar refractivity (Wildman–Crippen MR) is 111 cm³/mol. The molecule has 0 aliphatic carbocycles. The maximum absolute atomic E-state index is 13.3. The SMILES string of the molecule is CC[NH+](CC)CCN(C(=O)c1ccc(F)cc1)c1nc2cc(OC)ccc2s1. The number of anilines is 1. The lowest BCUT2D eigenvalue weighted by atomic mass is 10.2. The number of thiazole rings is 1. The van der Waals surface area contributed by atoms with Crippen molar-refractivity contribution in [2.24, 2.45) is 0 Å². The molecule has 1 heterocycles. The van der Waals surface area contributed by atoms with E-state index in [-0.39, 0.29) is 11.7 Å². The molecule has 0 atom stereocenters. The van der Waals surface area contributed by atoms with Crippen molar-refractivity contribution in [3.63, 3.8) is 0 Å². The first-order valence-corrected chi connectivity index (χ1v) is 10.2. The normalized spacial score (nSPS) is 11.2. The number of hydrogen-bond acceptors (Lipinski definition) is 4. The number of methoxy groups -OCH3 is 1. The van der Waals surface area contributed by atoms with Crippen molar-refractivity contribution in [2.45, 2.75) is 13.8 Å². The molecule has 5 nitrogen and oxygen atoms in total. The number of carbonyl (C=O) groups is 1. The molecule has 0 unspecified atom stereocenters. The molecule has 1 aromatic heterocycles. The average molecular weight is 403 g/mol. The summed E-state index contributed by atoms with van der Waals surface area (Å²) in [6, 6.07) is 11.4. The zero-order valence-corrected chi connectivity index (χ0v) is 17.2. The first-order valence-electron chi connectivity index (χ1n) is 9.41. The van der Waals surface area contributed by atoms with Crippen LogP contribution in [0.4, 0.5) is 9.52 Å². The summed E-state index contributed by atoms with van der Waals surface area (Å²) in [5.74, 6) is 0.202. The Kier molecular flexibility index (Phi) is 6.59. The molecule has 1 N–H and O–H groups in total. The lowest BCUT2D eigenvalue weighted by Gasteiger charge is -2.23. The summed E-state index contributed by atoms with van der Waals surface area (Å²) >= 11 is 1.47. The van der Waals surface area contributed by atoms with Crippen LogP contribution in [0.3, 0.4) is 0 Å². The second-order valence-electron chi connectivity index (χ2n) is 6.50. The highest BCUT2D eigenvalue weighted by molar-refractivity contribution is 7.22. The minimum atomic E-state index is -0.359. The first kappa shape index (κ1) is 20.2. The van der Waals surface area contributed by atoms with Crippen LogP contribution < -0.4 is 14.5 Å². The van der Waals surface area contributed by atoms with Crippen molar-refractivity contribution in [1.82, 2.24) is 4.98 Å². The highest BCUT2D eigenvalue weighted by atomic mass is 32.1. The van der Waals surface area contributed by atoms with E-state index in [9.17, 15) is 9.18 Å². The van der Waals surface area contributed by atoms with Crippen molar-refractivity contribution in [1.29, 1.82) is 0 Å². The zero-order valence-electron chi connectivity index (χ0n) is 16.4. The molecule has 0 saturated heterocycles. The largest absolute Gasteiger partial charge is 0.497 e. The third-order valence-electron chi connectivity index (χ3n) is 4.84. The fourth-order valence-corrected chi connectivity index (χ4v) is 4.01. The molecule has 0 aliphatic heterocycles. The molecule has 0 saturated carbocycles. The van der Waals surface area contributed by atoms with Crippen molar-refractivity contribution < 1.29 is 18.8 Å². The van der Waals surface area contributed by atoms with E-state index in [4.69, 9.17) is 4.74 Å². The molecule has 0 bridgehead atoms. The summed E-state index contributed by atoms with van der Waals surface area (Å²) in [6.45, 7) is 7.62. The van der Waals surface area contributed by atoms with Crippen molar-refractivity contribution in [2.75, 3.05) is 38.2 Å². The van der Waals surface area contributed by atoms with Gasteiger partial charge >= 0.3 is 0 Å². The first-order chi connectivity index (χ1) is 13.5. The third kappa shape index (κ3) is 4.48. The van der Waals surface area contributed by atoms with E-state index in [1.54, 1.807) is 12.0 Å². The van der Waals surface area contributed by atoms with Crippen molar-refractivity contribution in [3.8, 4) is 5.75 Å². The number of ether oxygens (including phenoxy) is 1. The average Bonchev–Trinajstić information content (AvgIpc) is 3.14. The van der Waals surface area contributed by atoms with Crippen LogP contribution in [0.25, 0.3) is 10.2 Å². The van der Waals surface area contributed by atoms with Gasteiger partial charge in [-0.1, -0.05) is 11.3 Å². The number of benzene rings is 2. The summed E-state index contributed by atoms with van der Waals surface area (Å²) < 4.78 is 19.5. The molecule has 0 fully saturated rings. The van der Waals surface area contributed by atoms with Crippen LogP contribution in [0, 0.1) is 5.82 Å². The van der Waals surface area contributed by atoms with Crippen LogP contribution in [-0.2, 0) is 0 Å². The van der Waals surface area contributed by atoms with Gasteiger partial charge in [0.05, 0.1) is 43.5 Å². The van der Waals surface area contributed by atoms with Crippen LogP contribution in [0.15, 0.2) is 42.5 Å². The van der Waals surface area contributed by atoms with Gasteiger partial charge in [0.1, 0.15) is 11.6 Å². The lowest BCUT2D eigenvalue weighted by Crippen LogP contribution is -3.12. The van der Waals surface area contributed by atoms with Gasteiger partial charge in [-0.3, -0.25) is 9.69 Å². The number of nitrogens with one attached hydrogen (secondary N) is 1. The number of halogens is 1. The molecule has 0 aliphatic rings. The van der Waals surface area contributed by atoms with Gasteiger partial charge in [0, 0.05) is 11.6 Å². The molecule has 28 heavy (non-hydrogen) atoms. The standard InChI is InChI=1S/C21H24FN3O2S/c1-4-24(5-2)12-13-25(20(26)15-6-8-16(22)9-7-15)21-23-18-14-17(27-3)10-11-19(18)28-21/h6-11,14H,4-5,12-13H2,1-3H3/p+1. The number of hydrogen-bond donors (Lipinski definition) is 1. The Hall–Kier alpha value is -2.51. The van der Waals surface area contributed by atoms with E-state index in [1.165, 1.54) is 40.5 Å². The topological polar surface area (TPSA) is 46.9 Å². The fraction of sp³-hybridized carbons (Fsp3) is 0.333. The smallest absolute Gasteiger partial charge is 0.260 e. The highest BCUT2D eigenvalue weighted by Gasteiger charge is 2.23. The molecule has 2 aromatic carbocycles. The number of likely N-dealkylation sites (N-methyl/N-ethyl adjacent to an activating group) is 1. The van der Waals surface area contributed by atoms with E-state index in [2.05, 4.69) is 18.8 Å². The number of nitrogens with zero attached hydrogens (tertiary/aromatic N) is 2. The summed E-state index contributed by atoms with van der Waals surface area (Å²) in [4.78, 5) is 21.0. The molecule has 1 amide bonds. The van der Waals surface area contributed by atoms with E-state index < -0.39 is 0 Å². The molecule has 3 aromatic rings. The summed E-state index contributed by atoms with van der Waals surface area (Å²) in [6.07, 6.45) is 0. The monoisotopic (exact) mass is 402 g/mol. The third-order valence-corrected chi connectivity index (χ3v) is 5.90. The van der Waals surface area contributed by atoms with Gasteiger partial charge in [0.25, 0.3) is 5.91 Å². The Balaban J connectivity index is 1.94. The highest BCUT2D eigenvalue weighted by Crippen LogP contribution is 2.31. The molecular weight excluding hydrogens is 377 g/mol. The lowest BCUT2D eigenvalue weighted by molar-refractivity contribution is -0.894. The molecule has 3 rings (SSSR count). The number of aromatic nitrogens is 1. The van der Waals surface area contributed by atoms with E-state index >= 15 is 0 Å². The summed E-state index contributed by atoms with van der Waals surface area (Å²) in [7, 11) is 1.62. The van der Waals surface area contributed by atoms with Crippen molar-refractivity contribution in [3.05, 3.63) is 53.8 Å². The Labute approximate surface area is 168 Å². The van der Waals surface area contributed by atoms with Crippen molar-refractivity contribution >= 4 is 32.6 Å². The van der Waals surface area contributed by atoms with Gasteiger partial charge < -0.3 is 9.64 Å². The zero-order chi connectivity index (χ0) is 20.1. The minimum absolute atomic E-state index is 0.169. The Morgan fingerprint density at radius 3 is 2.54 bits per heavy atom. The maximum atomic E-state index is 13.3. The number of carbonyl (C=O) groups excluding carboxylic acids is 1.